The fraction of sp³-hybridized carbons (Fsp3) is 0.364. The maximum absolute atomic E-state index is 13.7. The predicted molar refractivity (Wildman–Crippen MR) is 58.2 cm³/mol. The molecule has 0 bridgehead atoms. The van der Waals surface area contributed by atoms with Crippen molar-refractivity contribution in [2.45, 2.75) is 18.3 Å². The molecule has 4 nitrogen and oxygen atoms in total. The normalized spacial score (nSPS) is 16.6. The van der Waals surface area contributed by atoms with Gasteiger partial charge in [-0.15, -0.1) is 0 Å². The number of phenolic OH excluding ortho intramolecular Hbond substituents is 1. The number of aliphatic carboxylic acids is 1. The number of aromatic hydroxyl groups is 1. The fourth-order valence-electron chi connectivity index (χ4n) is 1.87. The molecule has 6 heteroatoms. The van der Waals surface area contributed by atoms with E-state index in [9.17, 15) is 14.3 Å². The number of phenols is 1. The van der Waals surface area contributed by atoms with Crippen LogP contribution in [0.1, 0.15) is 18.4 Å². The Bertz CT molecular complexity index is 497. The van der Waals surface area contributed by atoms with Gasteiger partial charge in [0.15, 0.2) is 11.5 Å². The third-order valence-corrected chi connectivity index (χ3v) is 3.31. The van der Waals surface area contributed by atoms with E-state index in [4.69, 9.17) is 21.4 Å². The number of methoxy groups -OCH3 is 1. The number of benzene rings is 1. The lowest BCUT2D eigenvalue weighted by Crippen LogP contribution is -2.20. The molecule has 0 radical (unpaired) electrons. The van der Waals surface area contributed by atoms with Crippen LogP contribution in [0.3, 0.4) is 0 Å². The van der Waals surface area contributed by atoms with Gasteiger partial charge in [0.05, 0.1) is 17.5 Å². The van der Waals surface area contributed by atoms with Crippen LogP contribution in [0.15, 0.2) is 6.07 Å². The molecular weight excluding hydrogens is 251 g/mol. The van der Waals surface area contributed by atoms with Crippen LogP contribution in [0.5, 0.6) is 11.5 Å². The van der Waals surface area contributed by atoms with Gasteiger partial charge in [-0.3, -0.25) is 4.79 Å². The van der Waals surface area contributed by atoms with Gasteiger partial charge in [0.25, 0.3) is 0 Å². The summed E-state index contributed by atoms with van der Waals surface area (Å²) in [7, 11) is 1.22. The molecule has 1 aromatic rings. The number of hydrogen-bond donors (Lipinski definition) is 2. The number of carbonyl (C=O) groups is 1. The summed E-state index contributed by atoms with van der Waals surface area (Å²) in [6.45, 7) is 0. The average Bonchev–Trinajstić information content (AvgIpc) is 3.05. The van der Waals surface area contributed by atoms with Crippen molar-refractivity contribution in [2.75, 3.05) is 7.11 Å². The quantitative estimate of drug-likeness (QED) is 0.875. The van der Waals surface area contributed by atoms with E-state index in [2.05, 4.69) is 0 Å². The van der Waals surface area contributed by atoms with Crippen LogP contribution in [0.25, 0.3) is 0 Å². The molecule has 1 aliphatic carbocycles. The van der Waals surface area contributed by atoms with E-state index in [1.54, 1.807) is 0 Å². The summed E-state index contributed by atoms with van der Waals surface area (Å²) in [5, 5.41) is 18.7. The molecule has 1 aliphatic rings. The molecule has 2 N–H and O–H groups in total. The number of ether oxygens (including phenoxy) is 1. The highest BCUT2D eigenvalue weighted by atomic mass is 35.5. The minimum atomic E-state index is -1.21. The van der Waals surface area contributed by atoms with E-state index in [0.29, 0.717) is 12.8 Å². The van der Waals surface area contributed by atoms with E-state index in [-0.39, 0.29) is 16.3 Å². The third kappa shape index (κ3) is 1.61. The molecule has 0 amide bonds. The van der Waals surface area contributed by atoms with Crippen LogP contribution in [0, 0.1) is 5.82 Å². The second-order valence-electron chi connectivity index (χ2n) is 3.99. The van der Waals surface area contributed by atoms with Crippen LogP contribution in [0.4, 0.5) is 4.39 Å². The number of halogens is 2. The molecule has 92 valence electrons. The summed E-state index contributed by atoms with van der Waals surface area (Å²) in [4.78, 5) is 11.1. The highest BCUT2D eigenvalue weighted by Gasteiger charge is 2.54. The summed E-state index contributed by atoms with van der Waals surface area (Å²) in [5.41, 5.74) is -1.20. The predicted octanol–water partition coefficient (Wildman–Crippen LogP) is 2.31. The van der Waals surface area contributed by atoms with Gasteiger partial charge in [-0.25, -0.2) is 0 Å². The molecule has 2 rings (SSSR count). The summed E-state index contributed by atoms with van der Waals surface area (Å²) in [6.07, 6.45) is 0.718. The van der Waals surface area contributed by atoms with E-state index in [1.807, 2.05) is 0 Å². The molecule has 0 heterocycles. The highest BCUT2D eigenvalue weighted by molar-refractivity contribution is 6.32. The minimum Gasteiger partial charge on any atom is -0.505 e. The summed E-state index contributed by atoms with van der Waals surface area (Å²) in [5.74, 6) is -3.10. The Hall–Kier alpha value is -1.49. The number of rotatable bonds is 3. The lowest BCUT2D eigenvalue weighted by molar-refractivity contribution is -0.140. The smallest absolute Gasteiger partial charge is 0.314 e. The van der Waals surface area contributed by atoms with Gasteiger partial charge in [0.1, 0.15) is 0 Å². The molecule has 0 spiro atoms. The maximum Gasteiger partial charge on any atom is 0.314 e. The fourth-order valence-corrected chi connectivity index (χ4v) is 2.14. The Kier molecular flexibility index (Phi) is 2.66. The van der Waals surface area contributed by atoms with E-state index in [0.717, 1.165) is 0 Å². The monoisotopic (exact) mass is 260 g/mol. The van der Waals surface area contributed by atoms with Gasteiger partial charge in [-0.05, 0) is 18.9 Å². The Labute approximate surface area is 102 Å². The van der Waals surface area contributed by atoms with Gasteiger partial charge < -0.3 is 14.9 Å². The van der Waals surface area contributed by atoms with E-state index >= 15 is 0 Å². The molecule has 1 aromatic carbocycles. The van der Waals surface area contributed by atoms with Crippen molar-refractivity contribution in [3.8, 4) is 11.5 Å². The minimum absolute atomic E-state index is 0.00769. The van der Waals surface area contributed by atoms with Crippen LogP contribution < -0.4 is 4.74 Å². The van der Waals surface area contributed by atoms with Gasteiger partial charge in [0.2, 0.25) is 5.82 Å². The van der Waals surface area contributed by atoms with Crippen molar-refractivity contribution in [2.24, 2.45) is 0 Å². The lowest BCUT2D eigenvalue weighted by atomic mass is 9.94. The molecule has 0 aliphatic heterocycles. The first kappa shape index (κ1) is 12.0. The molecule has 0 saturated heterocycles. The second-order valence-corrected chi connectivity index (χ2v) is 4.40. The maximum atomic E-state index is 13.7. The van der Waals surface area contributed by atoms with Crippen LogP contribution in [-0.4, -0.2) is 23.3 Å². The molecule has 1 saturated carbocycles. The van der Waals surface area contributed by atoms with Crippen molar-refractivity contribution in [1.82, 2.24) is 0 Å². The zero-order valence-corrected chi connectivity index (χ0v) is 9.71. The lowest BCUT2D eigenvalue weighted by Gasteiger charge is -2.15. The first-order valence-electron chi connectivity index (χ1n) is 4.93. The Balaban J connectivity index is 2.62. The van der Waals surface area contributed by atoms with Crippen molar-refractivity contribution < 1.29 is 24.1 Å². The number of carboxylic acids is 1. The molecular formula is C11H10ClFO4. The Morgan fingerprint density at radius 1 is 1.59 bits per heavy atom. The van der Waals surface area contributed by atoms with Gasteiger partial charge in [0, 0.05) is 5.56 Å². The average molecular weight is 261 g/mol. The molecule has 0 aromatic heterocycles. The second kappa shape index (κ2) is 3.77. The van der Waals surface area contributed by atoms with Crippen LogP contribution in [0.2, 0.25) is 5.02 Å². The van der Waals surface area contributed by atoms with Crippen molar-refractivity contribution in [3.63, 3.8) is 0 Å². The zero-order chi connectivity index (χ0) is 12.8. The Morgan fingerprint density at radius 2 is 2.18 bits per heavy atom. The molecule has 0 atom stereocenters. The molecule has 1 fully saturated rings. The van der Waals surface area contributed by atoms with E-state index in [1.165, 1.54) is 13.2 Å². The van der Waals surface area contributed by atoms with Crippen molar-refractivity contribution in [1.29, 1.82) is 0 Å². The number of carboxylic acid groups (broad SMARTS) is 1. The SMILES string of the molecule is COc1c(Cl)cc(C2(C(=O)O)CC2)c(O)c1F. The van der Waals surface area contributed by atoms with Gasteiger partial charge in [-0.2, -0.15) is 4.39 Å². The molecule has 17 heavy (non-hydrogen) atoms. The Morgan fingerprint density at radius 3 is 2.59 bits per heavy atom. The third-order valence-electron chi connectivity index (χ3n) is 3.03. The zero-order valence-electron chi connectivity index (χ0n) is 8.96. The van der Waals surface area contributed by atoms with Crippen molar-refractivity contribution >= 4 is 17.6 Å². The topological polar surface area (TPSA) is 66.8 Å². The number of hydrogen-bond acceptors (Lipinski definition) is 3. The summed E-state index contributed by atoms with van der Waals surface area (Å²) >= 11 is 5.78. The van der Waals surface area contributed by atoms with Crippen LogP contribution in [-0.2, 0) is 10.2 Å². The van der Waals surface area contributed by atoms with Gasteiger partial charge in [-0.1, -0.05) is 11.6 Å². The van der Waals surface area contributed by atoms with E-state index < -0.39 is 23.0 Å². The van der Waals surface area contributed by atoms with Crippen LogP contribution >= 0.6 is 11.6 Å². The summed E-state index contributed by atoms with van der Waals surface area (Å²) < 4.78 is 18.4. The first-order chi connectivity index (χ1) is 7.94. The summed E-state index contributed by atoms with van der Waals surface area (Å²) in [6, 6.07) is 1.25. The first-order valence-corrected chi connectivity index (χ1v) is 5.30. The van der Waals surface area contributed by atoms with Crippen molar-refractivity contribution in [3.05, 3.63) is 22.5 Å². The highest BCUT2D eigenvalue weighted by Crippen LogP contribution is 2.53. The molecule has 0 unspecified atom stereocenters. The van der Waals surface area contributed by atoms with Gasteiger partial charge >= 0.3 is 5.97 Å². The standard InChI is InChI=1S/C11H10ClFO4/c1-17-9-6(12)4-5(8(14)7(9)13)11(2-3-11)10(15)16/h4,14H,2-3H2,1H3,(H,15,16). The largest absolute Gasteiger partial charge is 0.505 e.